The van der Waals surface area contributed by atoms with Gasteiger partial charge in [-0.05, 0) is 37.9 Å². The number of aliphatic hydroxyl groups is 5. The molecule has 49 heavy (non-hydrogen) atoms. The van der Waals surface area contributed by atoms with Crippen molar-refractivity contribution in [3.05, 3.63) is 12.2 Å². The van der Waals surface area contributed by atoms with Gasteiger partial charge in [-0.3, -0.25) is 0 Å². The van der Waals surface area contributed by atoms with Gasteiger partial charge in [0.15, 0.2) is 5.11 Å². The van der Waals surface area contributed by atoms with E-state index in [1.54, 1.807) is 6.08 Å². The Labute approximate surface area is 306 Å². The van der Waals surface area contributed by atoms with E-state index in [1.807, 2.05) is 13.0 Å². The second-order valence-electron chi connectivity index (χ2n) is 14.8. The van der Waals surface area contributed by atoms with E-state index in [2.05, 4.69) is 22.9 Å². The zero-order valence-electron chi connectivity index (χ0n) is 31.6. The summed E-state index contributed by atoms with van der Waals surface area (Å²) in [5.74, 6) is 0. The van der Waals surface area contributed by atoms with Gasteiger partial charge in [0.1, 0.15) is 6.10 Å². The van der Waals surface area contributed by atoms with Crippen LogP contribution in [-0.2, 0) is 0 Å². The zero-order valence-corrected chi connectivity index (χ0v) is 32.5. The Bertz CT molecular complexity index is 791. The van der Waals surface area contributed by atoms with Gasteiger partial charge >= 0.3 is 0 Å². The fraction of sp³-hybridized carbons (Fsp3) is 0.925. The number of rotatable bonds is 31. The lowest BCUT2D eigenvalue weighted by Gasteiger charge is -2.33. The zero-order chi connectivity index (χ0) is 36.0. The van der Waals surface area contributed by atoms with Crippen molar-refractivity contribution in [2.24, 2.45) is 0 Å². The van der Waals surface area contributed by atoms with Crippen molar-refractivity contribution in [2.75, 3.05) is 13.1 Å². The van der Waals surface area contributed by atoms with Crippen LogP contribution in [0, 0.1) is 0 Å². The largest absolute Gasteiger partial charge is 0.393 e. The SMILES string of the molecule is CCCCCCCCCCCCCCCCCCCCCCCCNC(=S)NC(CNC1C/C=C\CC(O)C(O)C1O)C(O)CC(O)CC. The highest BCUT2D eigenvalue weighted by molar-refractivity contribution is 7.80. The van der Waals surface area contributed by atoms with Gasteiger partial charge in [-0.15, -0.1) is 0 Å². The molecule has 0 saturated heterocycles. The Morgan fingerprint density at radius 2 is 1.10 bits per heavy atom. The van der Waals surface area contributed by atoms with Gasteiger partial charge in [-0.25, -0.2) is 0 Å². The molecular weight excluding hydrogens is 635 g/mol. The average Bonchev–Trinajstić information content (AvgIpc) is 3.09. The normalized spacial score (nSPS) is 22.2. The smallest absolute Gasteiger partial charge is 0.166 e. The topological polar surface area (TPSA) is 137 Å². The van der Waals surface area contributed by atoms with Crippen LogP contribution in [0.25, 0.3) is 0 Å². The van der Waals surface area contributed by atoms with Crippen LogP contribution in [0.1, 0.15) is 181 Å². The third kappa shape index (κ3) is 24.9. The summed E-state index contributed by atoms with van der Waals surface area (Å²) in [6.45, 7) is 5.18. The first-order valence-corrected chi connectivity index (χ1v) is 21.0. The molecule has 0 amide bonds. The predicted octanol–water partition coefficient (Wildman–Crippen LogP) is 7.33. The molecule has 8 N–H and O–H groups in total. The summed E-state index contributed by atoms with van der Waals surface area (Å²) < 4.78 is 0. The first-order chi connectivity index (χ1) is 23.8. The van der Waals surface area contributed by atoms with Gasteiger partial charge in [0.05, 0.1) is 30.5 Å². The highest BCUT2D eigenvalue weighted by Crippen LogP contribution is 2.17. The number of unbranched alkanes of at least 4 members (excludes halogenated alkanes) is 21. The molecule has 290 valence electrons. The molecule has 0 fully saturated rings. The highest BCUT2D eigenvalue weighted by Gasteiger charge is 2.32. The van der Waals surface area contributed by atoms with Crippen LogP contribution in [0.3, 0.4) is 0 Å². The molecule has 0 bridgehead atoms. The molecule has 7 atom stereocenters. The summed E-state index contributed by atoms with van der Waals surface area (Å²) in [4.78, 5) is 0. The lowest BCUT2D eigenvalue weighted by molar-refractivity contribution is -0.0722. The molecule has 0 aliphatic heterocycles. The lowest BCUT2D eigenvalue weighted by Crippen LogP contribution is -2.57. The van der Waals surface area contributed by atoms with Crippen LogP contribution in [0.2, 0.25) is 0 Å². The summed E-state index contributed by atoms with van der Waals surface area (Å²) in [7, 11) is 0. The fourth-order valence-electron chi connectivity index (χ4n) is 6.75. The van der Waals surface area contributed by atoms with Gasteiger partial charge in [-0.1, -0.05) is 161 Å². The van der Waals surface area contributed by atoms with E-state index in [9.17, 15) is 25.5 Å². The number of thiocarbonyl (C=S) groups is 1. The Hall–Kier alpha value is -0.810. The van der Waals surface area contributed by atoms with Crippen LogP contribution in [0.4, 0.5) is 0 Å². The number of aliphatic hydroxyl groups excluding tert-OH is 5. The van der Waals surface area contributed by atoms with Crippen LogP contribution in [0.15, 0.2) is 12.2 Å². The third-order valence-electron chi connectivity index (χ3n) is 10.3. The maximum Gasteiger partial charge on any atom is 0.166 e. The Balaban J connectivity index is 2.09. The molecule has 7 unspecified atom stereocenters. The molecule has 0 aromatic carbocycles. The third-order valence-corrected chi connectivity index (χ3v) is 10.5. The summed E-state index contributed by atoms with van der Waals surface area (Å²) in [5, 5.41) is 62.1. The van der Waals surface area contributed by atoms with E-state index >= 15 is 0 Å². The minimum atomic E-state index is -1.26. The fourth-order valence-corrected chi connectivity index (χ4v) is 7.01. The summed E-state index contributed by atoms with van der Waals surface area (Å²) in [5.41, 5.74) is 0. The summed E-state index contributed by atoms with van der Waals surface area (Å²) in [6.07, 6.45) is 30.3. The minimum absolute atomic E-state index is 0.201. The molecular formula is C40H79N3O5S. The van der Waals surface area contributed by atoms with E-state index in [-0.39, 0.29) is 13.0 Å². The number of nitrogens with one attached hydrogen (secondary N) is 3. The van der Waals surface area contributed by atoms with Crippen molar-refractivity contribution in [1.82, 2.24) is 16.0 Å². The predicted molar refractivity (Wildman–Crippen MR) is 210 cm³/mol. The van der Waals surface area contributed by atoms with Gasteiger partial charge < -0.3 is 41.5 Å². The lowest BCUT2D eigenvalue weighted by atomic mass is 9.93. The number of hydrogen-bond donors (Lipinski definition) is 8. The molecule has 0 saturated carbocycles. The Kier molecular flexibility index (Phi) is 30.1. The number of hydrogen-bond acceptors (Lipinski definition) is 7. The highest BCUT2D eigenvalue weighted by atomic mass is 32.1. The standard InChI is InChI=1S/C40H79N3O5S/c1-3-5-6-7-8-9-10-11-12-13-14-15-16-17-18-19-20-21-22-23-24-27-30-41-40(49)43-35(37(46)31-33(44)4-2)32-42-34-28-25-26-29-36(45)39(48)38(34)47/h25-26,33-39,42,44-48H,3-24,27-32H2,1-2H3,(H2,41,43,49)/b26-25-. The molecule has 8 nitrogen and oxygen atoms in total. The van der Waals surface area contributed by atoms with Crippen molar-refractivity contribution in [2.45, 2.75) is 223 Å². The van der Waals surface area contributed by atoms with Gasteiger partial charge in [0, 0.05) is 25.6 Å². The van der Waals surface area contributed by atoms with E-state index in [4.69, 9.17) is 12.2 Å². The van der Waals surface area contributed by atoms with Gasteiger partial charge in [0.2, 0.25) is 0 Å². The van der Waals surface area contributed by atoms with Gasteiger partial charge in [0.25, 0.3) is 0 Å². The average molecular weight is 714 g/mol. The first-order valence-electron chi connectivity index (χ1n) is 20.6. The monoisotopic (exact) mass is 714 g/mol. The maximum atomic E-state index is 10.9. The molecule has 1 aliphatic carbocycles. The quantitative estimate of drug-likeness (QED) is 0.0211. The van der Waals surface area contributed by atoms with Crippen molar-refractivity contribution in [1.29, 1.82) is 0 Å². The summed E-state index contributed by atoms with van der Waals surface area (Å²) in [6, 6.07) is -1.01. The molecule has 0 aromatic heterocycles. The summed E-state index contributed by atoms with van der Waals surface area (Å²) >= 11 is 5.53. The molecule has 0 radical (unpaired) electrons. The first kappa shape index (κ1) is 46.2. The van der Waals surface area contributed by atoms with E-state index in [0.717, 1.165) is 19.4 Å². The Morgan fingerprint density at radius 3 is 1.57 bits per heavy atom. The van der Waals surface area contributed by atoms with E-state index in [1.165, 1.54) is 128 Å². The van der Waals surface area contributed by atoms with Crippen LogP contribution >= 0.6 is 12.2 Å². The van der Waals surface area contributed by atoms with Crippen molar-refractivity contribution < 1.29 is 25.5 Å². The van der Waals surface area contributed by atoms with Crippen LogP contribution in [0.5, 0.6) is 0 Å². The molecule has 1 rings (SSSR count). The van der Waals surface area contributed by atoms with Crippen molar-refractivity contribution >= 4 is 17.3 Å². The minimum Gasteiger partial charge on any atom is -0.393 e. The van der Waals surface area contributed by atoms with Gasteiger partial charge in [-0.2, -0.15) is 0 Å². The van der Waals surface area contributed by atoms with E-state index in [0.29, 0.717) is 24.4 Å². The van der Waals surface area contributed by atoms with Crippen molar-refractivity contribution in [3.8, 4) is 0 Å². The second kappa shape index (κ2) is 31.9. The second-order valence-corrected chi connectivity index (χ2v) is 15.2. The van der Waals surface area contributed by atoms with E-state index < -0.39 is 42.6 Å². The van der Waals surface area contributed by atoms with Crippen molar-refractivity contribution in [3.63, 3.8) is 0 Å². The molecule has 1 aliphatic rings. The Morgan fingerprint density at radius 1 is 0.653 bits per heavy atom. The van der Waals surface area contributed by atoms with Crippen LogP contribution in [-0.4, -0.2) is 86.3 Å². The molecule has 0 heterocycles. The molecule has 0 spiro atoms. The molecule has 0 aromatic rings. The maximum absolute atomic E-state index is 10.9. The molecule has 9 heteroatoms. The van der Waals surface area contributed by atoms with Crippen LogP contribution < -0.4 is 16.0 Å².